The molecule has 0 aliphatic heterocycles. The lowest BCUT2D eigenvalue weighted by molar-refractivity contribution is 0.102. The van der Waals surface area contributed by atoms with Gasteiger partial charge in [-0.05, 0) is 36.5 Å². The number of ketones is 1. The van der Waals surface area contributed by atoms with Gasteiger partial charge in [0.25, 0.3) is 0 Å². The second-order valence-corrected chi connectivity index (χ2v) is 8.72. The van der Waals surface area contributed by atoms with E-state index in [0.29, 0.717) is 11.7 Å². The Hall–Kier alpha value is -1.54. The summed E-state index contributed by atoms with van der Waals surface area (Å²) < 4.78 is 0. The molecule has 2 aromatic rings. The summed E-state index contributed by atoms with van der Waals surface area (Å²) in [7, 11) is 0.00903. The van der Waals surface area contributed by atoms with Crippen LogP contribution in [-0.4, -0.2) is 17.3 Å². The fourth-order valence-corrected chi connectivity index (χ4v) is 4.81. The van der Waals surface area contributed by atoms with Gasteiger partial charge in [-0.15, -0.1) is 0 Å². The Morgan fingerprint density at radius 3 is 2.21 bits per heavy atom. The Labute approximate surface area is 149 Å². The van der Waals surface area contributed by atoms with Gasteiger partial charge in [-0.1, -0.05) is 69.7 Å². The van der Waals surface area contributed by atoms with Crippen LogP contribution in [0.25, 0.3) is 0 Å². The van der Waals surface area contributed by atoms with Crippen LogP contribution in [0.5, 0.6) is 0 Å². The third-order valence-electron chi connectivity index (χ3n) is 4.28. The van der Waals surface area contributed by atoms with E-state index in [1.165, 1.54) is 29.7 Å². The van der Waals surface area contributed by atoms with Gasteiger partial charge in [-0.25, -0.2) is 0 Å². The summed E-state index contributed by atoms with van der Waals surface area (Å²) in [6, 6.07) is 18.6. The number of hydrogen-bond acceptors (Lipinski definition) is 1. The maximum absolute atomic E-state index is 12.6. The molecule has 0 bridgehead atoms. The Morgan fingerprint density at radius 2 is 1.62 bits per heavy atom. The highest BCUT2D eigenvalue weighted by Crippen LogP contribution is 2.22. The lowest BCUT2D eigenvalue weighted by atomic mass is 10.0. The zero-order valence-corrected chi connectivity index (χ0v) is 15.9. The predicted octanol–water partition coefficient (Wildman–Crippen LogP) is 5.86. The van der Waals surface area contributed by atoms with E-state index in [1.54, 1.807) is 0 Å². The minimum Gasteiger partial charge on any atom is -0.289 e. The second-order valence-electron chi connectivity index (χ2n) is 6.56. The monoisotopic (exact) mass is 341 g/mol. The van der Waals surface area contributed by atoms with Crippen LogP contribution < -0.4 is 0 Å². The third kappa shape index (κ3) is 5.52. The molecule has 128 valence electrons. The van der Waals surface area contributed by atoms with E-state index in [4.69, 9.17) is 0 Å². The number of carbonyl (C=O) groups is 1. The standard InChI is InChI=1S/C22H29OS/c1-4-5-9-16-24(17-22(23)20-10-7-6-8-11-20)21-14-12-19(13-15-21)18(2)3/h6-8,10-15,18H,4-5,9,16-17H2,1-3H3/q+1. The van der Waals surface area contributed by atoms with E-state index in [0.717, 1.165) is 11.3 Å². The number of benzene rings is 2. The Balaban J connectivity index is 2.13. The lowest BCUT2D eigenvalue weighted by Gasteiger charge is -2.10. The van der Waals surface area contributed by atoms with Crippen LogP contribution in [0.1, 0.15) is 61.9 Å². The van der Waals surface area contributed by atoms with Crippen molar-refractivity contribution < 1.29 is 4.79 Å². The molecule has 2 rings (SSSR count). The molecule has 0 heterocycles. The van der Waals surface area contributed by atoms with Gasteiger partial charge < -0.3 is 0 Å². The van der Waals surface area contributed by atoms with Crippen LogP contribution in [0, 0.1) is 0 Å². The van der Waals surface area contributed by atoms with Gasteiger partial charge in [-0.2, -0.15) is 0 Å². The van der Waals surface area contributed by atoms with Gasteiger partial charge in [0.2, 0.25) is 5.78 Å². The number of unbranched alkanes of at least 4 members (excludes halogenated alkanes) is 2. The molecule has 24 heavy (non-hydrogen) atoms. The highest BCUT2D eigenvalue weighted by molar-refractivity contribution is 7.97. The normalized spacial score (nSPS) is 12.3. The van der Waals surface area contributed by atoms with E-state index in [-0.39, 0.29) is 16.7 Å². The molecule has 0 radical (unpaired) electrons. The van der Waals surface area contributed by atoms with E-state index in [9.17, 15) is 4.79 Å². The van der Waals surface area contributed by atoms with Gasteiger partial charge in [-0.3, -0.25) is 4.79 Å². The molecular formula is C22H29OS+. The van der Waals surface area contributed by atoms with Gasteiger partial charge in [0.1, 0.15) is 5.75 Å². The number of Topliss-reactive ketones (excluding diaryl/α,β-unsaturated/α-hetero) is 1. The number of rotatable bonds is 9. The molecule has 0 aliphatic carbocycles. The zero-order chi connectivity index (χ0) is 17.4. The first-order chi connectivity index (χ1) is 11.6. The van der Waals surface area contributed by atoms with E-state index in [2.05, 4.69) is 45.0 Å². The number of hydrogen-bond donors (Lipinski definition) is 0. The minimum atomic E-state index is 0.00903. The van der Waals surface area contributed by atoms with E-state index >= 15 is 0 Å². The molecule has 1 unspecified atom stereocenters. The number of carbonyl (C=O) groups excluding carboxylic acids is 1. The molecule has 0 N–H and O–H groups in total. The van der Waals surface area contributed by atoms with Crippen molar-refractivity contribution in [1.29, 1.82) is 0 Å². The van der Waals surface area contributed by atoms with Crippen LogP contribution in [0.3, 0.4) is 0 Å². The van der Waals surface area contributed by atoms with Gasteiger partial charge in [0, 0.05) is 16.5 Å². The van der Waals surface area contributed by atoms with Crippen LogP contribution in [0.2, 0.25) is 0 Å². The summed E-state index contributed by atoms with van der Waals surface area (Å²) in [4.78, 5) is 14.0. The first kappa shape index (κ1) is 18.8. The Morgan fingerprint density at radius 1 is 0.958 bits per heavy atom. The van der Waals surface area contributed by atoms with Crippen molar-refractivity contribution >= 4 is 16.7 Å². The van der Waals surface area contributed by atoms with Gasteiger partial charge in [0.05, 0.1) is 0 Å². The summed E-state index contributed by atoms with van der Waals surface area (Å²) in [5, 5.41) is 0. The summed E-state index contributed by atoms with van der Waals surface area (Å²) in [6.07, 6.45) is 3.66. The molecule has 0 amide bonds. The summed E-state index contributed by atoms with van der Waals surface area (Å²) in [6.45, 7) is 6.66. The van der Waals surface area contributed by atoms with Crippen LogP contribution in [0.4, 0.5) is 0 Å². The van der Waals surface area contributed by atoms with Crippen molar-refractivity contribution in [3.8, 4) is 0 Å². The fourth-order valence-electron chi connectivity index (χ4n) is 2.71. The molecule has 0 aliphatic rings. The average Bonchev–Trinajstić information content (AvgIpc) is 2.61. The van der Waals surface area contributed by atoms with Crippen molar-refractivity contribution in [3.05, 3.63) is 65.7 Å². The molecule has 2 aromatic carbocycles. The highest BCUT2D eigenvalue weighted by atomic mass is 32.2. The molecule has 2 heteroatoms. The van der Waals surface area contributed by atoms with Crippen molar-refractivity contribution in [3.63, 3.8) is 0 Å². The van der Waals surface area contributed by atoms with Crippen molar-refractivity contribution in [2.24, 2.45) is 0 Å². The topological polar surface area (TPSA) is 17.1 Å². The van der Waals surface area contributed by atoms with Crippen LogP contribution in [-0.2, 0) is 10.9 Å². The molecule has 1 atom stereocenters. The van der Waals surface area contributed by atoms with E-state index in [1.807, 2.05) is 30.3 Å². The second kappa shape index (κ2) is 9.68. The molecule has 0 fully saturated rings. The maximum atomic E-state index is 12.6. The summed E-state index contributed by atoms with van der Waals surface area (Å²) >= 11 is 0. The third-order valence-corrected chi connectivity index (χ3v) is 6.61. The SMILES string of the molecule is CCCCC[S+](CC(=O)c1ccccc1)c1ccc(C(C)C)cc1. The van der Waals surface area contributed by atoms with Crippen LogP contribution >= 0.6 is 0 Å². The summed E-state index contributed by atoms with van der Waals surface area (Å²) in [5.41, 5.74) is 2.20. The first-order valence-electron chi connectivity index (χ1n) is 8.97. The van der Waals surface area contributed by atoms with Crippen molar-refractivity contribution in [2.45, 2.75) is 50.8 Å². The molecule has 0 saturated heterocycles. The smallest absolute Gasteiger partial charge is 0.212 e. The van der Waals surface area contributed by atoms with E-state index < -0.39 is 0 Å². The highest BCUT2D eigenvalue weighted by Gasteiger charge is 2.26. The first-order valence-corrected chi connectivity index (χ1v) is 10.5. The molecular weight excluding hydrogens is 312 g/mol. The fraction of sp³-hybridized carbons (Fsp3) is 0.409. The van der Waals surface area contributed by atoms with Crippen molar-refractivity contribution in [2.75, 3.05) is 11.5 Å². The lowest BCUT2D eigenvalue weighted by Crippen LogP contribution is -2.20. The molecule has 1 nitrogen and oxygen atoms in total. The van der Waals surface area contributed by atoms with Crippen LogP contribution in [0.15, 0.2) is 59.5 Å². The Kier molecular flexibility index (Phi) is 7.58. The predicted molar refractivity (Wildman–Crippen MR) is 106 cm³/mol. The van der Waals surface area contributed by atoms with Gasteiger partial charge >= 0.3 is 0 Å². The van der Waals surface area contributed by atoms with Gasteiger partial charge in [0.15, 0.2) is 10.6 Å². The average molecular weight is 342 g/mol. The zero-order valence-electron chi connectivity index (χ0n) is 15.1. The Bertz CT molecular complexity index is 616. The van der Waals surface area contributed by atoms with Crippen molar-refractivity contribution in [1.82, 2.24) is 0 Å². The molecule has 0 aromatic heterocycles. The largest absolute Gasteiger partial charge is 0.289 e. The minimum absolute atomic E-state index is 0.00903. The molecule has 0 spiro atoms. The quantitative estimate of drug-likeness (QED) is 0.317. The maximum Gasteiger partial charge on any atom is 0.212 e. The molecule has 0 saturated carbocycles. The summed E-state index contributed by atoms with van der Waals surface area (Å²) in [5.74, 6) is 2.57.